The Labute approximate surface area is 126 Å². The van der Waals surface area contributed by atoms with E-state index in [0.717, 1.165) is 25.7 Å². The van der Waals surface area contributed by atoms with E-state index >= 15 is 0 Å². The van der Waals surface area contributed by atoms with Gasteiger partial charge in [-0.1, -0.05) is 30.9 Å². The van der Waals surface area contributed by atoms with Gasteiger partial charge in [0, 0.05) is 12.1 Å². The third kappa shape index (κ3) is 3.58. The van der Waals surface area contributed by atoms with Crippen molar-refractivity contribution in [1.82, 2.24) is 0 Å². The van der Waals surface area contributed by atoms with Crippen LogP contribution in [0.2, 0.25) is 5.02 Å². The molecule has 0 bridgehead atoms. The van der Waals surface area contributed by atoms with Crippen molar-refractivity contribution in [3.63, 3.8) is 0 Å². The van der Waals surface area contributed by atoms with Gasteiger partial charge >= 0.3 is 0 Å². The zero-order chi connectivity index (χ0) is 14.8. The van der Waals surface area contributed by atoms with Gasteiger partial charge in [0.1, 0.15) is 0 Å². The summed E-state index contributed by atoms with van der Waals surface area (Å²) in [6, 6.07) is 4.88. The van der Waals surface area contributed by atoms with Crippen LogP contribution in [0.5, 0.6) is 0 Å². The van der Waals surface area contributed by atoms with Crippen LogP contribution in [-0.2, 0) is 10.0 Å². The molecular formula is C14H21ClN2O2S. The molecule has 1 aliphatic rings. The van der Waals surface area contributed by atoms with Crippen LogP contribution in [0.25, 0.3) is 0 Å². The Morgan fingerprint density at radius 1 is 1.30 bits per heavy atom. The summed E-state index contributed by atoms with van der Waals surface area (Å²) in [5, 5.41) is 0.480. The highest BCUT2D eigenvalue weighted by molar-refractivity contribution is 7.92. The van der Waals surface area contributed by atoms with Crippen molar-refractivity contribution in [3.05, 3.63) is 23.2 Å². The van der Waals surface area contributed by atoms with Gasteiger partial charge in [-0.2, -0.15) is 0 Å². The molecule has 1 aliphatic carbocycles. The van der Waals surface area contributed by atoms with Crippen molar-refractivity contribution in [2.45, 2.75) is 32.1 Å². The molecule has 112 valence electrons. The van der Waals surface area contributed by atoms with E-state index in [1.807, 2.05) is 0 Å². The first kappa shape index (κ1) is 15.4. The fraction of sp³-hybridized carbons (Fsp3) is 0.571. The molecule has 0 heterocycles. The normalized spacial score (nSPS) is 17.1. The maximum atomic E-state index is 12.5. The Hall–Kier alpha value is -0.940. The zero-order valence-corrected chi connectivity index (χ0v) is 13.3. The van der Waals surface area contributed by atoms with Gasteiger partial charge in [-0.05, 0) is 37.0 Å². The van der Waals surface area contributed by atoms with Crippen molar-refractivity contribution >= 4 is 33.0 Å². The quantitative estimate of drug-likeness (QED) is 0.867. The average Bonchev–Trinajstić information content (AvgIpc) is 2.41. The topological polar surface area (TPSA) is 63.4 Å². The number of nitrogen functional groups attached to an aromatic ring is 1. The molecule has 0 aliphatic heterocycles. The number of hydrogen-bond acceptors (Lipinski definition) is 3. The molecular weight excluding hydrogens is 296 g/mol. The second-order valence-electron chi connectivity index (χ2n) is 5.45. The number of benzene rings is 1. The van der Waals surface area contributed by atoms with Crippen molar-refractivity contribution in [2.24, 2.45) is 5.92 Å². The van der Waals surface area contributed by atoms with Crippen molar-refractivity contribution in [3.8, 4) is 0 Å². The zero-order valence-electron chi connectivity index (χ0n) is 11.7. The summed E-state index contributed by atoms with van der Waals surface area (Å²) >= 11 is 5.93. The summed E-state index contributed by atoms with van der Waals surface area (Å²) in [5.41, 5.74) is 6.73. The Balaban J connectivity index is 2.17. The van der Waals surface area contributed by atoms with E-state index in [9.17, 15) is 8.42 Å². The lowest BCUT2D eigenvalue weighted by molar-refractivity contribution is 0.385. The van der Waals surface area contributed by atoms with Gasteiger partial charge in [0.15, 0.2) is 0 Å². The van der Waals surface area contributed by atoms with E-state index in [2.05, 4.69) is 0 Å². The first-order valence-electron chi connectivity index (χ1n) is 6.92. The Bertz CT molecular complexity index is 569. The number of nitrogens with zero attached hydrogens (tertiary/aromatic N) is 1. The van der Waals surface area contributed by atoms with Gasteiger partial charge in [0.2, 0.25) is 10.0 Å². The molecule has 1 aromatic rings. The van der Waals surface area contributed by atoms with E-state index in [1.54, 1.807) is 25.2 Å². The number of hydrogen-bond donors (Lipinski definition) is 1. The Morgan fingerprint density at radius 2 is 1.95 bits per heavy atom. The summed E-state index contributed by atoms with van der Waals surface area (Å²) in [6.45, 7) is 0. The van der Waals surface area contributed by atoms with E-state index in [-0.39, 0.29) is 11.7 Å². The first-order valence-corrected chi connectivity index (χ1v) is 8.90. The number of sulfonamides is 1. The molecule has 0 amide bonds. The molecule has 6 heteroatoms. The predicted octanol–water partition coefficient (Wildman–Crippen LogP) is 3.27. The maximum Gasteiger partial charge on any atom is 0.235 e. The number of nitrogens with two attached hydrogens (primary N) is 1. The third-order valence-corrected chi connectivity index (χ3v) is 6.08. The fourth-order valence-electron chi connectivity index (χ4n) is 2.70. The standard InChI is InChI=1S/C14H21ClN2O2S/c1-17(14-9-12(15)7-8-13(14)16)20(18,19)10-11-5-3-2-4-6-11/h7-9,11H,2-6,10,16H2,1H3. The predicted molar refractivity (Wildman–Crippen MR) is 84.6 cm³/mol. The van der Waals surface area contributed by atoms with Crippen LogP contribution in [0.15, 0.2) is 18.2 Å². The Morgan fingerprint density at radius 3 is 2.60 bits per heavy atom. The molecule has 0 radical (unpaired) electrons. The minimum absolute atomic E-state index is 0.190. The lowest BCUT2D eigenvalue weighted by atomic mass is 9.91. The molecule has 0 spiro atoms. The number of rotatable bonds is 4. The molecule has 0 aromatic heterocycles. The Kier molecular flexibility index (Phi) is 4.81. The SMILES string of the molecule is CN(c1cc(Cl)ccc1N)S(=O)(=O)CC1CCCCC1. The summed E-state index contributed by atoms with van der Waals surface area (Å²) in [7, 11) is -1.82. The number of anilines is 2. The van der Waals surface area contributed by atoms with Crippen LogP contribution < -0.4 is 10.0 Å². The smallest absolute Gasteiger partial charge is 0.235 e. The van der Waals surface area contributed by atoms with Gasteiger partial charge < -0.3 is 5.73 Å². The molecule has 0 saturated heterocycles. The third-order valence-electron chi connectivity index (χ3n) is 3.92. The fourth-order valence-corrected chi connectivity index (χ4v) is 4.48. The molecule has 1 aromatic carbocycles. The van der Waals surface area contributed by atoms with Gasteiger partial charge in [0.25, 0.3) is 0 Å². The minimum atomic E-state index is -3.36. The van der Waals surface area contributed by atoms with Crippen molar-refractivity contribution in [2.75, 3.05) is 22.8 Å². The molecule has 2 N–H and O–H groups in total. The molecule has 0 unspecified atom stereocenters. The molecule has 2 rings (SSSR count). The summed E-state index contributed by atoms with van der Waals surface area (Å²) in [4.78, 5) is 0. The highest BCUT2D eigenvalue weighted by atomic mass is 35.5. The van der Waals surface area contributed by atoms with E-state index in [1.165, 1.54) is 10.7 Å². The second kappa shape index (κ2) is 6.22. The van der Waals surface area contributed by atoms with Gasteiger partial charge in [-0.15, -0.1) is 0 Å². The van der Waals surface area contributed by atoms with E-state index in [0.29, 0.717) is 16.4 Å². The van der Waals surface area contributed by atoms with Crippen LogP contribution in [-0.4, -0.2) is 21.2 Å². The monoisotopic (exact) mass is 316 g/mol. The van der Waals surface area contributed by atoms with E-state index in [4.69, 9.17) is 17.3 Å². The maximum absolute atomic E-state index is 12.5. The van der Waals surface area contributed by atoms with Crippen LogP contribution in [0.3, 0.4) is 0 Å². The summed E-state index contributed by atoms with van der Waals surface area (Å²) in [5.74, 6) is 0.451. The van der Waals surface area contributed by atoms with E-state index < -0.39 is 10.0 Å². The molecule has 4 nitrogen and oxygen atoms in total. The number of halogens is 1. The van der Waals surface area contributed by atoms with Gasteiger partial charge in [-0.3, -0.25) is 4.31 Å². The van der Waals surface area contributed by atoms with Crippen molar-refractivity contribution in [1.29, 1.82) is 0 Å². The van der Waals surface area contributed by atoms with Crippen molar-refractivity contribution < 1.29 is 8.42 Å². The molecule has 0 atom stereocenters. The van der Waals surface area contributed by atoms with Crippen LogP contribution in [0.1, 0.15) is 32.1 Å². The van der Waals surface area contributed by atoms with Crippen LogP contribution >= 0.6 is 11.6 Å². The van der Waals surface area contributed by atoms with Crippen LogP contribution in [0, 0.1) is 5.92 Å². The second-order valence-corrected chi connectivity index (χ2v) is 7.93. The highest BCUT2D eigenvalue weighted by Crippen LogP contribution is 2.30. The minimum Gasteiger partial charge on any atom is -0.397 e. The van der Waals surface area contributed by atoms with Gasteiger partial charge in [-0.25, -0.2) is 8.42 Å². The largest absolute Gasteiger partial charge is 0.397 e. The first-order chi connectivity index (χ1) is 9.40. The highest BCUT2D eigenvalue weighted by Gasteiger charge is 2.26. The van der Waals surface area contributed by atoms with Gasteiger partial charge in [0.05, 0.1) is 17.1 Å². The lowest BCUT2D eigenvalue weighted by Gasteiger charge is -2.26. The average molecular weight is 317 g/mol. The lowest BCUT2D eigenvalue weighted by Crippen LogP contribution is -2.33. The summed E-state index contributed by atoms with van der Waals surface area (Å²) in [6.07, 6.45) is 5.47. The molecule has 1 saturated carbocycles. The summed E-state index contributed by atoms with van der Waals surface area (Å²) < 4.78 is 26.2. The van der Waals surface area contributed by atoms with Crippen LogP contribution in [0.4, 0.5) is 11.4 Å². The molecule has 20 heavy (non-hydrogen) atoms. The molecule has 1 fully saturated rings.